The molecule has 0 spiro atoms. The van der Waals surface area contributed by atoms with Crippen LogP contribution in [0, 0.1) is 12.8 Å². The third-order valence-corrected chi connectivity index (χ3v) is 4.57. The van der Waals surface area contributed by atoms with Crippen LogP contribution in [-0.2, 0) is 9.59 Å². The number of benzene rings is 1. The molecular formula is C19H26N2O4. The fourth-order valence-corrected chi connectivity index (χ4v) is 3.14. The van der Waals surface area contributed by atoms with E-state index >= 15 is 0 Å². The second-order valence-electron chi connectivity index (χ2n) is 6.91. The first-order valence-electron chi connectivity index (χ1n) is 8.67. The second-order valence-corrected chi connectivity index (χ2v) is 6.91. The predicted octanol–water partition coefficient (Wildman–Crippen LogP) is 2.17. The summed E-state index contributed by atoms with van der Waals surface area (Å²) in [5, 5.41) is 9.03. The van der Waals surface area contributed by atoms with Crippen LogP contribution in [0.2, 0.25) is 0 Å². The maximum atomic E-state index is 12.7. The summed E-state index contributed by atoms with van der Waals surface area (Å²) in [6.45, 7) is 6.23. The standard InChI is InChI=1S/C19H26N2O4/c1-13(2)21(12-17(22)23)19(25)16-5-4-10-20(11-16)18(24)15-8-6-14(3)7-9-15/h6-9,13,16H,4-5,10-12H2,1-3H3,(H,22,23). The Labute approximate surface area is 148 Å². The summed E-state index contributed by atoms with van der Waals surface area (Å²) in [5.41, 5.74) is 1.70. The van der Waals surface area contributed by atoms with E-state index in [1.165, 1.54) is 4.90 Å². The van der Waals surface area contributed by atoms with Crippen molar-refractivity contribution in [2.75, 3.05) is 19.6 Å². The van der Waals surface area contributed by atoms with Crippen LogP contribution in [0.15, 0.2) is 24.3 Å². The SMILES string of the molecule is Cc1ccc(C(=O)N2CCCC(C(=O)N(CC(=O)O)C(C)C)C2)cc1. The maximum absolute atomic E-state index is 12.7. The molecule has 1 saturated heterocycles. The molecule has 0 aliphatic carbocycles. The molecular weight excluding hydrogens is 320 g/mol. The number of rotatable bonds is 5. The predicted molar refractivity (Wildman–Crippen MR) is 94.3 cm³/mol. The van der Waals surface area contributed by atoms with Crippen molar-refractivity contribution >= 4 is 17.8 Å². The number of hydrogen-bond donors (Lipinski definition) is 1. The number of hydrogen-bond acceptors (Lipinski definition) is 3. The normalized spacial score (nSPS) is 17.4. The van der Waals surface area contributed by atoms with Gasteiger partial charge >= 0.3 is 5.97 Å². The molecule has 0 saturated carbocycles. The fourth-order valence-electron chi connectivity index (χ4n) is 3.14. The van der Waals surface area contributed by atoms with Crippen molar-refractivity contribution in [1.29, 1.82) is 0 Å². The Kier molecular flexibility index (Phi) is 6.17. The van der Waals surface area contributed by atoms with E-state index in [9.17, 15) is 14.4 Å². The van der Waals surface area contributed by atoms with Gasteiger partial charge in [0.1, 0.15) is 6.54 Å². The highest BCUT2D eigenvalue weighted by molar-refractivity contribution is 5.95. The van der Waals surface area contributed by atoms with E-state index in [-0.39, 0.29) is 30.3 Å². The van der Waals surface area contributed by atoms with Gasteiger partial charge in [-0.2, -0.15) is 0 Å². The van der Waals surface area contributed by atoms with Crippen molar-refractivity contribution in [3.05, 3.63) is 35.4 Å². The van der Waals surface area contributed by atoms with Gasteiger partial charge in [0.05, 0.1) is 5.92 Å². The second kappa shape index (κ2) is 8.14. The molecule has 0 aromatic heterocycles. The fraction of sp³-hybridized carbons (Fsp3) is 0.526. The number of likely N-dealkylation sites (tertiary alicyclic amines) is 1. The van der Waals surface area contributed by atoms with E-state index in [2.05, 4.69) is 0 Å². The average molecular weight is 346 g/mol. The van der Waals surface area contributed by atoms with Crippen LogP contribution in [0.3, 0.4) is 0 Å². The lowest BCUT2D eigenvalue weighted by atomic mass is 9.95. The summed E-state index contributed by atoms with van der Waals surface area (Å²) >= 11 is 0. The van der Waals surface area contributed by atoms with Gasteiger partial charge in [-0.05, 0) is 45.7 Å². The van der Waals surface area contributed by atoms with E-state index in [1.807, 2.05) is 19.1 Å². The Morgan fingerprint density at radius 2 is 1.88 bits per heavy atom. The van der Waals surface area contributed by atoms with E-state index in [1.54, 1.807) is 30.9 Å². The number of carbonyl (C=O) groups is 3. The molecule has 2 rings (SSSR count). The van der Waals surface area contributed by atoms with Gasteiger partial charge in [0.15, 0.2) is 0 Å². The lowest BCUT2D eigenvalue weighted by Crippen LogP contribution is -2.49. The minimum Gasteiger partial charge on any atom is -0.480 e. The number of amides is 2. The van der Waals surface area contributed by atoms with Gasteiger partial charge in [-0.1, -0.05) is 17.7 Å². The zero-order chi connectivity index (χ0) is 18.6. The van der Waals surface area contributed by atoms with Crippen molar-refractivity contribution in [1.82, 2.24) is 9.80 Å². The zero-order valence-electron chi connectivity index (χ0n) is 15.1. The molecule has 6 heteroatoms. The Bertz CT molecular complexity index is 639. The third kappa shape index (κ3) is 4.81. The molecule has 6 nitrogen and oxygen atoms in total. The van der Waals surface area contributed by atoms with Crippen molar-refractivity contribution < 1.29 is 19.5 Å². The summed E-state index contributed by atoms with van der Waals surface area (Å²) in [6.07, 6.45) is 1.42. The summed E-state index contributed by atoms with van der Waals surface area (Å²) < 4.78 is 0. The van der Waals surface area contributed by atoms with Crippen LogP contribution in [-0.4, -0.2) is 58.4 Å². The van der Waals surface area contributed by atoms with Crippen molar-refractivity contribution in [3.8, 4) is 0 Å². The van der Waals surface area contributed by atoms with E-state index in [4.69, 9.17) is 5.11 Å². The first kappa shape index (κ1) is 19.0. The minimum absolute atomic E-state index is 0.0770. The summed E-state index contributed by atoms with van der Waals surface area (Å²) in [7, 11) is 0. The molecule has 1 aromatic rings. The Balaban J connectivity index is 2.08. The van der Waals surface area contributed by atoms with Gasteiger partial charge in [0.25, 0.3) is 5.91 Å². The molecule has 1 aliphatic rings. The first-order valence-corrected chi connectivity index (χ1v) is 8.67. The quantitative estimate of drug-likeness (QED) is 0.886. The van der Waals surface area contributed by atoms with Crippen molar-refractivity contribution in [3.63, 3.8) is 0 Å². The number of aryl methyl sites for hydroxylation is 1. The molecule has 25 heavy (non-hydrogen) atoms. The van der Waals surface area contributed by atoms with E-state index < -0.39 is 5.97 Å². The molecule has 1 N–H and O–H groups in total. The Morgan fingerprint density at radius 1 is 1.24 bits per heavy atom. The summed E-state index contributed by atoms with van der Waals surface area (Å²) in [4.78, 5) is 39.5. The number of carboxylic acids is 1. The number of carboxylic acid groups (broad SMARTS) is 1. The number of aliphatic carboxylic acids is 1. The highest BCUT2D eigenvalue weighted by Crippen LogP contribution is 2.22. The van der Waals surface area contributed by atoms with Crippen molar-refractivity contribution in [2.45, 2.75) is 39.7 Å². The largest absolute Gasteiger partial charge is 0.480 e. The maximum Gasteiger partial charge on any atom is 0.323 e. The monoisotopic (exact) mass is 346 g/mol. The molecule has 0 radical (unpaired) electrons. The van der Waals surface area contributed by atoms with Crippen molar-refractivity contribution in [2.24, 2.45) is 5.92 Å². The molecule has 1 aliphatic heterocycles. The zero-order valence-corrected chi connectivity index (χ0v) is 15.1. The molecule has 136 valence electrons. The Morgan fingerprint density at radius 3 is 2.44 bits per heavy atom. The van der Waals surface area contributed by atoms with Gasteiger partial charge in [-0.3, -0.25) is 14.4 Å². The van der Waals surface area contributed by atoms with Gasteiger partial charge in [0, 0.05) is 24.7 Å². The van der Waals surface area contributed by atoms with E-state index in [0.29, 0.717) is 25.1 Å². The molecule has 2 amide bonds. The molecule has 1 fully saturated rings. The minimum atomic E-state index is -1.02. The lowest BCUT2D eigenvalue weighted by Gasteiger charge is -2.36. The lowest BCUT2D eigenvalue weighted by molar-refractivity contribution is -0.148. The van der Waals surface area contributed by atoms with Gasteiger partial charge < -0.3 is 14.9 Å². The number of piperidine rings is 1. The molecule has 0 bridgehead atoms. The average Bonchev–Trinajstić information content (AvgIpc) is 2.59. The summed E-state index contributed by atoms with van der Waals surface area (Å²) in [5.74, 6) is -1.62. The van der Waals surface area contributed by atoms with Crippen LogP contribution in [0.25, 0.3) is 0 Å². The number of nitrogens with zero attached hydrogens (tertiary/aromatic N) is 2. The molecule has 1 aromatic carbocycles. The van der Waals surface area contributed by atoms with Gasteiger partial charge in [0.2, 0.25) is 5.91 Å². The van der Waals surface area contributed by atoms with E-state index in [0.717, 1.165) is 12.0 Å². The van der Waals surface area contributed by atoms with Crippen LogP contribution < -0.4 is 0 Å². The topological polar surface area (TPSA) is 77.9 Å². The molecule has 1 heterocycles. The third-order valence-electron chi connectivity index (χ3n) is 4.57. The van der Waals surface area contributed by atoms with Gasteiger partial charge in [-0.25, -0.2) is 0 Å². The van der Waals surface area contributed by atoms with Gasteiger partial charge in [-0.15, -0.1) is 0 Å². The van der Waals surface area contributed by atoms with Crippen LogP contribution in [0.1, 0.15) is 42.6 Å². The first-order chi connectivity index (χ1) is 11.8. The smallest absolute Gasteiger partial charge is 0.323 e. The highest BCUT2D eigenvalue weighted by atomic mass is 16.4. The van der Waals surface area contributed by atoms with Crippen LogP contribution >= 0.6 is 0 Å². The summed E-state index contributed by atoms with van der Waals surface area (Å²) in [6, 6.07) is 7.20. The highest BCUT2D eigenvalue weighted by Gasteiger charge is 2.33. The molecule has 1 atom stereocenters. The van der Waals surface area contributed by atoms with Crippen LogP contribution in [0.5, 0.6) is 0 Å². The number of carbonyl (C=O) groups excluding carboxylic acids is 2. The van der Waals surface area contributed by atoms with Crippen LogP contribution in [0.4, 0.5) is 0 Å². The molecule has 1 unspecified atom stereocenters. The Hall–Kier alpha value is -2.37.